The number of halogens is 5. The van der Waals surface area contributed by atoms with Gasteiger partial charge in [-0.25, -0.2) is 13.2 Å². The maximum absolute atomic E-state index is 11.5. The Morgan fingerprint density at radius 2 is 1.67 bits per heavy atom. The smallest absolute Gasteiger partial charge is 0.234 e. The Bertz CT molecular complexity index is 83.4. The van der Waals surface area contributed by atoms with Crippen LogP contribution < -0.4 is 0 Å². The van der Waals surface area contributed by atoms with Crippen LogP contribution in [0.3, 0.4) is 0 Å². The molecule has 0 bridgehead atoms. The van der Waals surface area contributed by atoms with Crippen molar-refractivity contribution in [3.63, 3.8) is 0 Å². The molecule has 0 aliphatic heterocycles. The summed E-state index contributed by atoms with van der Waals surface area (Å²) in [7, 11) is 0. The lowest BCUT2D eigenvalue weighted by molar-refractivity contribution is -0.0773. The summed E-state index contributed by atoms with van der Waals surface area (Å²) >= 11 is 0. The third kappa shape index (κ3) is 2.62. The summed E-state index contributed by atoms with van der Waals surface area (Å²) in [6.45, 7) is 0.0941. The highest BCUT2D eigenvalue weighted by atomic mass is 19.3. The number of alkyl halides is 3. The van der Waals surface area contributed by atoms with Gasteiger partial charge in [0, 0.05) is 6.92 Å². The maximum Gasteiger partial charge on any atom is 0.349 e. The van der Waals surface area contributed by atoms with Crippen LogP contribution in [-0.4, -0.2) is 12.1 Å². The Kier molecular flexibility index (Phi) is 2.40. The van der Waals surface area contributed by atoms with E-state index in [0.717, 1.165) is 0 Å². The van der Waals surface area contributed by atoms with Gasteiger partial charge in [-0.15, -0.1) is 0 Å². The van der Waals surface area contributed by atoms with E-state index in [1.807, 2.05) is 0 Å². The molecule has 0 aromatic carbocycles. The van der Waals surface area contributed by atoms with E-state index in [1.165, 1.54) is 0 Å². The van der Waals surface area contributed by atoms with E-state index in [-0.39, 0.29) is 6.92 Å². The first-order valence-electron chi connectivity index (χ1n) is 2.05. The molecule has 5 heteroatoms. The van der Waals surface area contributed by atoms with Crippen molar-refractivity contribution in [2.24, 2.45) is 0 Å². The van der Waals surface area contributed by atoms with E-state index < -0.39 is 18.5 Å². The molecule has 0 saturated heterocycles. The molecule has 0 rings (SSSR count). The minimum atomic E-state index is -3.97. The summed E-state index contributed by atoms with van der Waals surface area (Å²) < 4.78 is 56.4. The summed E-state index contributed by atoms with van der Waals surface area (Å²) in [4.78, 5) is 0. The van der Waals surface area contributed by atoms with Gasteiger partial charge in [-0.2, -0.15) is 8.78 Å². The quantitative estimate of drug-likeness (QED) is 0.526. The minimum Gasteiger partial charge on any atom is -0.234 e. The standard InChI is InChI=1S/C4H4F5/c1-4(8,9)2(5)3(6)7/h2H,1H3. The van der Waals surface area contributed by atoms with Gasteiger partial charge in [0.1, 0.15) is 0 Å². The lowest BCUT2D eigenvalue weighted by Crippen LogP contribution is -2.28. The first-order chi connectivity index (χ1) is 3.85. The van der Waals surface area contributed by atoms with Gasteiger partial charge in [0.05, 0.1) is 0 Å². The van der Waals surface area contributed by atoms with Crippen LogP contribution in [0.2, 0.25) is 0 Å². The Morgan fingerprint density at radius 3 is 1.67 bits per heavy atom. The second-order valence-corrected chi connectivity index (χ2v) is 1.61. The van der Waals surface area contributed by atoms with Crippen molar-refractivity contribution in [3.05, 3.63) is 6.43 Å². The zero-order chi connectivity index (χ0) is 7.65. The number of hydrogen-bond donors (Lipinski definition) is 0. The molecule has 0 aliphatic carbocycles. The van der Waals surface area contributed by atoms with Gasteiger partial charge in [-0.3, -0.25) is 0 Å². The molecular weight excluding hydrogens is 143 g/mol. The molecule has 0 aromatic heterocycles. The van der Waals surface area contributed by atoms with Crippen LogP contribution in [0.5, 0.6) is 0 Å². The average molecular weight is 147 g/mol. The molecule has 0 N–H and O–H groups in total. The van der Waals surface area contributed by atoms with Crippen molar-refractivity contribution in [2.45, 2.75) is 19.0 Å². The first-order valence-corrected chi connectivity index (χ1v) is 2.05. The van der Waals surface area contributed by atoms with Crippen molar-refractivity contribution in [2.75, 3.05) is 0 Å². The fourth-order valence-electron chi connectivity index (χ4n) is 0.192. The van der Waals surface area contributed by atoms with Gasteiger partial charge >= 0.3 is 6.43 Å². The third-order valence-electron chi connectivity index (χ3n) is 0.637. The summed E-state index contributed by atoms with van der Waals surface area (Å²) in [5.74, 6) is -3.97. The van der Waals surface area contributed by atoms with E-state index in [9.17, 15) is 22.0 Å². The molecule has 0 amide bonds. The Balaban J connectivity index is 3.88. The predicted octanol–water partition coefficient (Wildman–Crippen LogP) is 2.41. The van der Waals surface area contributed by atoms with E-state index >= 15 is 0 Å². The number of rotatable bonds is 2. The van der Waals surface area contributed by atoms with Gasteiger partial charge < -0.3 is 0 Å². The summed E-state index contributed by atoms with van der Waals surface area (Å²) in [5, 5.41) is 0. The molecule has 55 valence electrons. The van der Waals surface area contributed by atoms with Crippen LogP contribution in [-0.2, 0) is 0 Å². The van der Waals surface area contributed by atoms with E-state index in [1.54, 1.807) is 0 Å². The van der Waals surface area contributed by atoms with Crippen LogP contribution in [0, 0.1) is 6.43 Å². The lowest BCUT2D eigenvalue weighted by Gasteiger charge is -2.12. The molecule has 9 heavy (non-hydrogen) atoms. The highest BCUT2D eigenvalue weighted by Gasteiger charge is 2.42. The second kappa shape index (κ2) is 2.49. The zero-order valence-electron chi connectivity index (χ0n) is 4.47. The topological polar surface area (TPSA) is 0 Å². The highest BCUT2D eigenvalue weighted by molar-refractivity contribution is 4.84. The second-order valence-electron chi connectivity index (χ2n) is 1.61. The molecule has 0 fully saturated rings. The van der Waals surface area contributed by atoms with Gasteiger partial charge in [-0.05, 0) is 0 Å². The van der Waals surface area contributed by atoms with Crippen LogP contribution in [0.25, 0.3) is 0 Å². The fourth-order valence-corrected chi connectivity index (χ4v) is 0.192. The van der Waals surface area contributed by atoms with Crippen LogP contribution in [0.1, 0.15) is 6.92 Å². The van der Waals surface area contributed by atoms with E-state index in [2.05, 4.69) is 0 Å². The summed E-state index contributed by atoms with van der Waals surface area (Å²) in [6.07, 6.45) is -6.32. The molecule has 0 heterocycles. The largest absolute Gasteiger partial charge is 0.349 e. The maximum atomic E-state index is 11.5. The highest BCUT2D eigenvalue weighted by Crippen LogP contribution is 2.29. The zero-order valence-corrected chi connectivity index (χ0v) is 4.47. The van der Waals surface area contributed by atoms with Crippen molar-refractivity contribution in [1.82, 2.24) is 0 Å². The molecule has 1 unspecified atom stereocenters. The van der Waals surface area contributed by atoms with Crippen LogP contribution >= 0.6 is 0 Å². The molecule has 1 atom stereocenters. The monoisotopic (exact) mass is 147 g/mol. The van der Waals surface area contributed by atoms with Gasteiger partial charge in [0.25, 0.3) is 5.92 Å². The van der Waals surface area contributed by atoms with Crippen molar-refractivity contribution in [1.29, 1.82) is 0 Å². The Morgan fingerprint density at radius 1 is 1.33 bits per heavy atom. The minimum absolute atomic E-state index is 0.0941. The van der Waals surface area contributed by atoms with Gasteiger partial charge in [-0.1, -0.05) is 0 Å². The summed E-state index contributed by atoms with van der Waals surface area (Å²) in [5.41, 5.74) is 0. The molecule has 0 nitrogen and oxygen atoms in total. The first kappa shape index (κ1) is 8.65. The normalized spacial score (nSPS) is 16.3. The molecule has 0 aromatic rings. The molecule has 1 radical (unpaired) electrons. The molecule has 0 aliphatic rings. The fraction of sp³-hybridized carbons (Fsp3) is 0.750. The van der Waals surface area contributed by atoms with Crippen molar-refractivity contribution in [3.8, 4) is 0 Å². The average Bonchev–Trinajstić information content (AvgIpc) is 1.62. The lowest BCUT2D eigenvalue weighted by atomic mass is 10.2. The SMILES string of the molecule is CC(F)(F)C(F)[C](F)F. The third-order valence-corrected chi connectivity index (χ3v) is 0.637. The van der Waals surface area contributed by atoms with Gasteiger partial charge in [0.15, 0.2) is 0 Å². The van der Waals surface area contributed by atoms with E-state index in [0.29, 0.717) is 0 Å². The predicted molar refractivity (Wildman–Crippen MR) is 21.0 cm³/mol. The van der Waals surface area contributed by atoms with Crippen molar-refractivity contribution >= 4 is 0 Å². The number of hydrogen-bond acceptors (Lipinski definition) is 0. The molecule has 0 saturated carbocycles. The van der Waals surface area contributed by atoms with Gasteiger partial charge in [0.2, 0.25) is 6.17 Å². The molecule has 0 spiro atoms. The Labute approximate surface area is 48.7 Å². The Hall–Kier alpha value is -0.350. The summed E-state index contributed by atoms with van der Waals surface area (Å²) in [6, 6.07) is 0. The van der Waals surface area contributed by atoms with E-state index in [4.69, 9.17) is 0 Å². The van der Waals surface area contributed by atoms with Crippen molar-refractivity contribution < 1.29 is 22.0 Å². The van der Waals surface area contributed by atoms with Crippen LogP contribution in [0.15, 0.2) is 0 Å². The molecular formula is C4H4F5. The van der Waals surface area contributed by atoms with Crippen LogP contribution in [0.4, 0.5) is 22.0 Å².